The minimum absolute atomic E-state index is 0.268. The molecule has 1 aliphatic heterocycles. The smallest absolute Gasteiger partial charge is 0.244 e. The average molecular weight is 312 g/mol. The molecule has 21 heavy (non-hydrogen) atoms. The molecular formula is C14H24N4O2S. The Bertz CT molecular complexity index is 566. The van der Waals surface area contributed by atoms with E-state index in [1.165, 1.54) is 6.20 Å². The zero-order valence-corrected chi connectivity index (χ0v) is 13.7. The van der Waals surface area contributed by atoms with Crippen LogP contribution < -0.4 is 9.62 Å². The van der Waals surface area contributed by atoms with Crippen molar-refractivity contribution in [3.8, 4) is 0 Å². The van der Waals surface area contributed by atoms with Gasteiger partial charge in [-0.2, -0.15) is 0 Å². The molecule has 0 aliphatic carbocycles. The van der Waals surface area contributed by atoms with Gasteiger partial charge in [0.1, 0.15) is 4.90 Å². The Labute approximate surface area is 127 Å². The van der Waals surface area contributed by atoms with E-state index in [0.29, 0.717) is 12.6 Å². The summed E-state index contributed by atoms with van der Waals surface area (Å²) in [5.41, 5.74) is 0.745. The van der Waals surface area contributed by atoms with Crippen molar-refractivity contribution in [2.45, 2.75) is 31.7 Å². The van der Waals surface area contributed by atoms with E-state index in [1.807, 2.05) is 0 Å². The molecule has 1 aromatic rings. The Morgan fingerprint density at radius 2 is 1.95 bits per heavy atom. The molecule has 118 valence electrons. The molecule has 2 rings (SSSR count). The number of hydrogen-bond donors (Lipinski definition) is 1. The number of hydrogen-bond acceptors (Lipinski definition) is 5. The van der Waals surface area contributed by atoms with E-state index < -0.39 is 10.0 Å². The first kappa shape index (κ1) is 16.2. The van der Waals surface area contributed by atoms with Crippen LogP contribution in [0.15, 0.2) is 23.4 Å². The molecule has 7 heteroatoms. The fraction of sp³-hybridized carbons (Fsp3) is 0.643. The Kier molecular flexibility index (Phi) is 5.18. The lowest BCUT2D eigenvalue weighted by Gasteiger charge is -2.38. The van der Waals surface area contributed by atoms with Crippen LogP contribution in [0, 0.1) is 0 Å². The van der Waals surface area contributed by atoms with Crippen LogP contribution in [-0.4, -0.2) is 57.1 Å². The summed E-state index contributed by atoms with van der Waals surface area (Å²) < 4.78 is 27.1. The second kappa shape index (κ2) is 6.72. The maximum absolute atomic E-state index is 12.3. The van der Waals surface area contributed by atoms with Crippen molar-refractivity contribution in [2.75, 3.05) is 37.6 Å². The zero-order valence-electron chi connectivity index (χ0n) is 12.9. The number of nitrogens with one attached hydrogen (secondary N) is 1. The fourth-order valence-corrected chi connectivity index (χ4v) is 3.80. The molecule has 1 N–H and O–H groups in total. The number of anilines is 1. The van der Waals surface area contributed by atoms with Gasteiger partial charge in [0, 0.05) is 51.2 Å². The molecule has 0 spiro atoms. The summed E-state index contributed by atoms with van der Waals surface area (Å²) in [6.07, 6.45) is 3.08. The highest BCUT2D eigenvalue weighted by molar-refractivity contribution is 7.89. The van der Waals surface area contributed by atoms with Gasteiger partial charge in [-0.3, -0.25) is 9.88 Å². The minimum Gasteiger partial charge on any atom is -0.368 e. The van der Waals surface area contributed by atoms with Gasteiger partial charge in [0.25, 0.3) is 0 Å². The van der Waals surface area contributed by atoms with Crippen molar-refractivity contribution in [3.05, 3.63) is 18.5 Å². The largest absolute Gasteiger partial charge is 0.368 e. The van der Waals surface area contributed by atoms with Crippen molar-refractivity contribution in [1.29, 1.82) is 0 Å². The predicted octanol–water partition coefficient (Wildman–Crippen LogP) is 0.910. The lowest BCUT2D eigenvalue weighted by atomic mass is 10.2. The fourth-order valence-electron chi connectivity index (χ4n) is 2.59. The molecular weight excluding hydrogens is 288 g/mol. The number of nitrogens with zero attached hydrogens (tertiary/aromatic N) is 3. The second-order valence-corrected chi connectivity index (χ2v) is 7.20. The van der Waals surface area contributed by atoms with Crippen LogP contribution in [0.4, 0.5) is 5.69 Å². The normalized spacial score (nSPS) is 17.4. The summed E-state index contributed by atoms with van der Waals surface area (Å²) in [5, 5.41) is 0. The second-order valence-electron chi connectivity index (χ2n) is 5.46. The molecule has 1 aromatic heterocycles. The lowest BCUT2D eigenvalue weighted by molar-refractivity contribution is 0.209. The van der Waals surface area contributed by atoms with Crippen molar-refractivity contribution in [2.24, 2.45) is 0 Å². The van der Waals surface area contributed by atoms with E-state index in [4.69, 9.17) is 0 Å². The highest BCUT2D eigenvalue weighted by Crippen LogP contribution is 2.25. The van der Waals surface area contributed by atoms with Crippen LogP contribution in [0.2, 0.25) is 0 Å². The van der Waals surface area contributed by atoms with Gasteiger partial charge in [0.2, 0.25) is 10.0 Å². The van der Waals surface area contributed by atoms with Crippen LogP contribution >= 0.6 is 0 Å². The number of aromatic nitrogens is 1. The summed E-state index contributed by atoms with van der Waals surface area (Å²) >= 11 is 0. The van der Waals surface area contributed by atoms with E-state index in [2.05, 4.69) is 33.4 Å². The van der Waals surface area contributed by atoms with Gasteiger partial charge >= 0.3 is 0 Å². The Balaban J connectivity index is 2.22. The maximum Gasteiger partial charge on any atom is 0.244 e. The highest BCUT2D eigenvalue weighted by atomic mass is 32.2. The molecule has 0 radical (unpaired) electrons. The van der Waals surface area contributed by atoms with E-state index in [9.17, 15) is 8.42 Å². The van der Waals surface area contributed by atoms with Crippen LogP contribution in [0.3, 0.4) is 0 Å². The summed E-state index contributed by atoms with van der Waals surface area (Å²) in [5.74, 6) is 0. The van der Waals surface area contributed by atoms with E-state index >= 15 is 0 Å². The first-order chi connectivity index (χ1) is 9.95. The standard InChI is InChI=1S/C14H24N4O2S/c1-4-16-21(19,20)14-11-15-6-5-13(14)18-9-7-17(8-10-18)12(2)3/h5-6,11-12,16H,4,7-10H2,1-3H3. The molecule has 0 unspecified atom stereocenters. The maximum atomic E-state index is 12.3. The van der Waals surface area contributed by atoms with Crippen LogP contribution in [-0.2, 0) is 10.0 Å². The molecule has 0 atom stereocenters. The molecule has 6 nitrogen and oxygen atoms in total. The van der Waals surface area contributed by atoms with Gasteiger partial charge in [-0.25, -0.2) is 13.1 Å². The van der Waals surface area contributed by atoms with Crippen LogP contribution in [0.1, 0.15) is 20.8 Å². The molecule has 2 heterocycles. The third kappa shape index (κ3) is 3.72. The molecule has 0 bridgehead atoms. The minimum atomic E-state index is -3.49. The molecule has 1 fully saturated rings. The monoisotopic (exact) mass is 312 g/mol. The van der Waals surface area contributed by atoms with Gasteiger partial charge in [0.15, 0.2) is 0 Å². The van der Waals surface area contributed by atoms with Crippen LogP contribution in [0.25, 0.3) is 0 Å². The van der Waals surface area contributed by atoms with Crippen molar-refractivity contribution in [1.82, 2.24) is 14.6 Å². The number of rotatable bonds is 5. The SMILES string of the molecule is CCNS(=O)(=O)c1cnccc1N1CCN(C(C)C)CC1. The molecule has 0 saturated carbocycles. The quantitative estimate of drug-likeness (QED) is 0.875. The topological polar surface area (TPSA) is 65.5 Å². The van der Waals surface area contributed by atoms with E-state index in [1.54, 1.807) is 19.2 Å². The first-order valence-corrected chi connectivity index (χ1v) is 8.86. The Morgan fingerprint density at radius 3 is 2.52 bits per heavy atom. The lowest BCUT2D eigenvalue weighted by Crippen LogP contribution is -2.49. The number of piperazine rings is 1. The van der Waals surface area contributed by atoms with Gasteiger partial charge in [-0.15, -0.1) is 0 Å². The van der Waals surface area contributed by atoms with E-state index in [0.717, 1.165) is 31.9 Å². The Morgan fingerprint density at radius 1 is 1.29 bits per heavy atom. The van der Waals surface area contributed by atoms with Gasteiger partial charge in [-0.1, -0.05) is 6.92 Å². The third-order valence-corrected chi connectivity index (χ3v) is 5.33. The van der Waals surface area contributed by atoms with Gasteiger partial charge < -0.3 is 4.90 Å². The summed E-state index contributed by atoms with van der Waals surface area (Å²) in [4.78, 5) is 8.77. The average Bonchev–Trinajstić information content (AvgIpc) is 2.47. The van der Waals surface area contributed by atoms with Crippen LogP contribution in [0.5, 0.6) is 0 Å². The molecule has 1 saturated heterocycles. The summed E-state index contributed by atoms with van der Waals surface area (Å²) in [7, 11) is -3.49. The van der Waals surface area contributed by atoms with Crippen molar-refractivity contribution in [3.63, 3.8) is 0 Å². The van der Waals surface area contributed by atoms with Gasteiger partial charge in [-0.05, 0) is 19.9 Å². The van der Waals surface area contributed by atoms with E-state index in [-0.39, 0.29) is 4.90 Å². The molecule has 0 amide bonds. The number of pyridine rings is 1. The molecule has 0 aromatic carbocycles. The summed E-state index contributed by atoms with van der Waals surface area (Å²) in [6, 6.07) is 2.31. The molecule has 1 aliphatic rings. The Hall–Kier alpha value is -1.18. The number of sulfonamides is 1. The first-order valence-electron chi connectivity index (χ1n) is 7.38. The predicted molar refractivity (Wildman–Crippen MR) is 84.0 cm³/mol. The van der Waals surface area contributed by atoms with Gasteiger partial charge in [0.05, 0.1) is 5.69 Å². The highest BCUT2D eigenvalue weighted by Gasteiger charge is 2.25. The zero-order chi connectivity index (χ0) is 15.5. The van der Waals surface area contributed by atoms with Crippen molar-refractivity contribution < 1.29 is 8.42 Å². The van der Waals surface area contributed by atoms with Crippen molar-refractivity contribution >= 4 is 15.7 Å². The summed E-state index contributed by atoms with van der Waals surface area (Å²) in [6.45, 7) is 10.1. The third-order valence-electron chi connectivity index (χ3n) is 3.77.